The first kappa shape index (κ1) is 11.7. The molecule has 2 N–H and O–H groups in total. The Hall–Kier alpha value is -2.73. The topological polar surface area (TPSA) is 47.9 Å². The smallest absolute Gasteiger partial charge is 0.101 e. The molecule has 0 saturated heterocycles. The second-order valence-electron chi connectivity index (χ2n) is 3.67. The van der Waals surface area contributed by atoms with E-state index in [9.17, 15) is 0 Å². The number of hydrogen-bond donors (Lipinski definition) is 2. The largest absolute Gasteiger partial charge is 0.307 e. The molecule has 3 nitrogen and oxygen atoms in total. The van der Waals surface area contributed by atoms with Crippen molar-refractivity contribution in [2.75, 3.05) is 5.43 Å². The van der Waals surface area contributed by atoms with E-state index in [1.165, 1.54) is 0 Å². The number of para-hydroxylation sites is 1. The Morgan fingerprint density at radius 1 is 0.944 bits per heavy atom. The fourth-order valence-electron chi connectivity index (χ4n) is 1.51. The van der Waals surface area contributed by atoms with Gasteiger partial charge in [-0.05, 0) is 17.7 Å². The first-order valence-electron chi connectivity index (χ1n) is 5.62. The summed E-state index contributed by atoms with van der Waals surface area (Å²) < 4.78 is 0. The van der Waals surface area contributed by atoms with Crippen molar-refractivity contribution in [3.8, 4) is 6.07 Å². The molecule has 0 amide bonds. The van der Waals surface area contributed by atoms with Gasteiger partial charge in [-0.1, -0.05) is 48.5 Å². The Kier molecular flexibility index (Phi) is 3.99. The highest BCUT2D eigenvalue weighted by molar-refractivity contribution is 5.76. The molecule has 0 aromatic heterocycles. The average Bonchev–Trinajstić information content (AvgIpc) is 2.46. The molecule has 0 spiro atoms. The number of nitrogens with one attached hydrogen (secondary N) is 2. The van der Waals surface area contributed by atoms with Gasteiger partial charge in [0.15, 0.2) is 0 Å². The van der Waals surface area contributed by atoms with Gasteiger partial charge in [0.2, 0.25) is 0 Å². The Labute approximate surface area is 106 Å². The molecule has 3 heteroatoms. The molecule has 0 aliphatic rings. The number of benzene rings is 2. The zero-order chi connectivity index (χ0) is 12.6. The van der Waals surface area contributed by atoms with E-state index >= 15 is 0 Å². The molecule has 0 unspecified atom stereocenters. The van der Waals surface area contributed by atoms with Gasteiger partial charge < -0.3 is 10.9 Å². The van der Waals surface area contributed by atoms with Crippen LogP contribution in [0.25, 0.3) is 5.57 Å². The van der Waals surface area contributed by atoms with Crippen LogP contribution in [0.5, 0.6) is 0 Å². The fraction of sp³-hybridized carbons (Fsp3) is 0. The molecule has 0 aliphatic carbocycles. The van der Waals surface area contributed by atoms with Crippen LogP contribution in [-0.4, -0.2) is 0 Å². The Balaban J connectivity index is 2.02. The number of hydrogen-bond acceptors (Lipinski definition) is 3. The van der Waals surface area contributed by atoms with E-state index in [1.807, 2.05) is 60.7 Å². The minimum atomic E-state index is 0.582. The molecule has 2 rings (SSSR count). The van der Waals surface area contributed by atoms with E-state index in [0.717, 1.165) is 11.3 Å². The Morgan fingerprint density at radius 2 is 1.56 bits per heavy atom. The molecule has 0 fully saturated rings. The average molecular weight is 235 g/mol. The van der Waals surface area contributed by atoms with Crippen molar-refractivity contribution >= 4 is 11.3 Å². The molecule has 0 bridgehead atoms. The van der Waals surface area contributed by atoms with Crippen molar-refractivity contribution in [3.05, 3.63) is 72.4 Å². The second kappa shape index (κ2) is 6.12. The number of nitriles is 1. The van der Waals surface area contributed by atoms with E-state index in [2.05, 4.69) is 16.9 Å². The molecule has 0 aliphatic heterocycles. The van der Waals surface area contributed by atoms with Gasteiger partial charge in [-0.3, -0.25) is 0 Å². The lowest BCUT2D eigenvalue weighted by atomic mass is 10.1. The van der Waals surface area contributed by atoms with Crippen LogP contribution in [0, 0.1) is 11.3 Å². The summed E-state index contributed by atoms with van der Waals surface area (Å²) in [6, 6.07) is 21.4. The van der Waals surface area contributed by atoms with Gasteiger partial charge in [0.05, 0.1) is 11.3 Å². The highest BCUT2D eigenvalue weighted by Gasteiger charge is 1.97. The minimum Gasteiger partial charge on any atom is -0.307 e. The predicted molar refractivity (Wildman–Crippen MR) is 73.2 cm³/mol. The van der Waals surface area contributed by atoms with E-state index in [1.54, 1.807) is 6.20 Å². The number of nitrogens with zero attached hydrogens (tertiary/aromatic N) is 1. The van der Waals surface area contributed by atoms with Gasteiger partial charge in [-0.2, -0.15) is 5.26 Å². The van der Waals surface area contributed by atoms with E-state index in [4.69, 9.17) is 5.26 Å². The number of anilines is 1. The van der Waals surface area contributed by atoms with E-state index in [0.29, 0.717) is 5.57 Å². The first-order chi connectivity index (χ1) is 8.90. The summed E-state index contributed by atoms with van der Waals surface area (Å²) in [6.07, 6.45) is 1.66. The van der Waals surface area contributed by atoms with Crippen molar-refractivity contribution in [2.24, 2.45) is 0 Å². The van der Waals surface area contributed by atoms with Crippen LogP contribution >= 0.6 is 0 Å². The van der Waals surface area contributed by atoms with E-state index < -0.39 is 0 Å². The fourth-order valence-corrected chi connectivity index (χ4v) is 1.51. The van der Waals surface area contributed by atoms with Crippen LogP contribution in [0.3, 0.4) is 0 Å². The highest BCUT2D eigenvalue weighted by Crippen LogP contribution is 2.11. The molecule has 18 heavy (non-hydrogen) atoms. The van der Waals surface area contributed by atoms with Crippen LogP contribution in [0.2, 0.25) is 0 Å². The van der Waals surface area contributed by atoms with Gasteiger partial charge in [0.25, 0.3) is 0 Å². The monoisotopic (exact) mass is 235 g/mol. The zero-order valence-electron chi connectivity index (χ0n) is 9.80. The molecule has 0 radical (unpaired) electrons. The van der Waals surface area contributed by atoms with Gasteiger partial charge in [0.1, 0.15) is 6.07 Å². The van der Waals surface area contributed by atoms with Crippen molar-refractivity contribution in [1.29, 1.82) is 5.26 Å². The Morgan fingerprint density at radius 3 is 2.17 bits per heavy atom. The van der Waals surface area contributed by atoms with Crippen LogP contribution in [-0.2, 0) is 0 Å². The first-order valence-corrected chi connectivity index (χ1v) is 5.62. The van der Waals surface area contributed by atoms with E-state index in [-0.39, 0.29) is 0 Å². The molecule has 2 aromatic carbocycles. The number of allylic oxidation sites excluding steroid dienone is 1. The lowest BCUT2D eigenvalue weighted by Gasteiger charge is -2.06. The number of hydrazine groups is 1. The highest BCUT2D eigenvalue weighted by atomic mass is 15.3. The van der Waals surface area contributed by atoms with Crippen LogP contribution in [0.15, 0.2) is 66.9 Å². The van der Waals surface area contributed by atoms with Gasteiger partial charge in [-0.15, -0.1) is 0 Å². The maximum atomic E-state index is 9.09. The third-order valence-electron chi connectivity index (χ3n) is 2.41. The van der Waals surface area contributed by atoms with Gasteiger partial charge in [-0.25, -0.2) is 0 Å². The lowest BCUT2D eigenvalue weighted by molar-refractivity contribution is 1.06. The SMILES string of the molecule is N#C/C(=C\NNc1ccccc1)c1ccccc1. The van der Waals surface area contributed by atoms with Crippen LogP contribution in [0.1, 0.15) is 5.56 Å². The summed E-state index contributed by atoms with van der Waals surface area (Å²) >= 11 is 0. The van der Waals surface area contributed by atoms with Crippen LogP contribution in [0.4, 0.5) is 5.69 Å². The van der Waals surface area contributed by atoms with Crippen molar-refractivity contribution in [2.45, 2.75) is 0 Å². The van der Waals surface area contributed by atoms with Crippen molar-refractivity contribution < 1.29 is 0 Å². The summed E-state index contributed by atoms with van der Waals surface area (Å²) in [5.74, 6) is 0. The predicted octanol–water partition coefficient (Wildman–Crippen LogP) is 3.17. The summed E-state index contributed by atoms with van der Waals surface area (Å²) in [5, 5.41) is 9.09. The summed E-state index contributed by atoms with van der Waals surface area (Å²) in [5.41, 5.74) is 8.34. The normalized spacial score (nSPS) is 10.5. The molecule has 88 valence electrons. The van der Waals surface area contributed by atoms with Gasteiger partial charge >= 0.3 is 0 Å². The molecular formula is C15H13N3. The summed E-state index contributed by atoms with van der Waals surface area (Å²) in [6.45, 7) is 0. The maximum Gasteiger partial charge on any atom is 0.101 e. The quantitative estimate of drug-likeness (QED) is 0.632. The van der Waals surface area contributed by atoms with Gasteiger partial charge in [0, 0.05) is 6.20 Å². The van der Waals surface area contributed by atoms with Crippen LogP contribution < -0.4 is 10.9 Å². The number of rotatable bonds is 4. The summed E-state index contributed by atoms with van der Waals surface area (Å²) in [7, 11) is 0. The third kappa shape index (κ3) is 3.13. The maximum absolute atomic E-state index is 9.09. The third-order valence-corrected chi connectivity index (χ3v) is 2.41. The lowest BCUT2D eigenvalue weighted by Crippen LogP contribution is -2.14. The van der Waals surface area contributed by atoms with Crippen molar-refractivity contribution in [3.63, 3.8) is 0 Å². The standard InChI is InChI=1S/C15H13N3/c16-11-14(13-7-3-1-4-8-13)12-17-18-15-9-5-2-6-10-15/h1-10,12,17-18H/b14-12+. The Bertz CT molecular complexity index is 553. The second-order valence-corrected chi connectivity index (χ2v) is 3.67. The minimum absolute atomic E-state index is 0.582. The summed E-state index contributed by atoms with van der Waals surface area (Å²) in [4.78, 5) is 0. The molecule has 2 aromatic rings. The molecular weight excluding hydrogens is 222 g/mol. The van der Waals surface area contributed by atoms with Crippen molar-refractivity contribution in [1.82, 2.24) is 5.43 Å². The zero-order valence-corrected chi connectivity index (χ0v) is 9.80. The molecule has 0 atom stereocenters. The molecule has 0 heterocycles. The molecule has 0 saturated carbocycles.